The first-order chi connectivity index (χ1) is 34.5. The number of oxazole rings is 1. The molecule has 16 rings (SSSR count). The molecule has 1 heterocycles. The van der Waals surface area contributed by atoms with Crippen molar-refractivity contribution in [1.29, 1.82) is 0 Å². The molecule has 0 radical (unpaired) electrons. The summed E-state index contributed by atoms with van der Waals surface area (Å²) in [5, 5.41) is 10.2. The molecule has 2 nitrogen and oxygen atoms in total. The van der Waals surface area contributed by atoms with Gasteiger partial charge in [-0.25, -0.2) is 4.98 Å². The van der Waals surface area contributed by atoms with Gasteiger partial charge in [0.2, 0.25) is 5.89 Å². The normalized spacial score (nSPS) is 13.4. The standard InChI is InChI=1S/C68H41NO/c1-68(2)59-22-8-7-17-45(59)55-36-57-58(37-60(55)68)66(53-34-32-51-44-16-6-4-14-42(44)47-19-12-21-49(53)64(47)51)56-35-40(38-25-27-39(28-26-38)67-69-61-23-9-10-24-62(61)70-67)29-30-54(56)65(57)52-33-31-50-43-15-5-3-13-41(43)46-18-11-20-48(52)63(46)50/h3-37H,1-2H3. The average Bonchev–Trinajstić information content (AvgIpc) is 4.15. The molecule has 3 aliphatic rings. The molecule has 0 amide bonds. The summed E-state index contributed by atoms with van der Waals surface area (Å²) in [5.41, 5.74) is 25.6. The molecule has 13 aromatic rings. The average molecular weight is 888 g/mol. The van der Waals surface area contributed by atoms with E-state index in [1.807, 2.05) is 24.3 Å². The number of hydrogen-bond acceptors (Lipinski definition) is 2. The Morgan fingerprint density at radius 3 is 1.44 bits per heavy atom. The Hall–Kier alpha value is -8.85. The van der Waals surface area contributed by atoms with Crippen LogP contribution in [0.1, 0.15) is 25.0 Å². The maximum atomic E-state index is 6.22. The molecule has 0 saturated carbocycles. The lowest BCUT2D eigenvalue weighted by Gasteiger charge is -2.25. The zero-order valence-corrected chi connectivity index (χ0v) is 38.6. The fourth-order valence-corrected chi connectivity index (χ4v) is 13.0. The molecule has 324 valence electrons. The molecule has 0 aliphatic heterocycles. The van der Waals surface area contributed by atoms with Crippen molar-refractivity contribution < 1.29 is 4.42 Å². The Kier molecular flexibility index (Phi) is 7.44. The molecule has 3 aliphatic carbocycles. The lowest BCUT2D eigenvalue weighted by atomic mass is 9.78. The van der Waals surface area contributed by atoms with Gasteiger partial charge < -0.3 is 4.42 Å². The summed E-state index contributed by atoms with van der Waals surface area (Å²) < 4.78 is 6.22. The van der Waals surface area contributed by atoms with E-state index in [9.17, 15) is 0 Å². The van der Waals surface area contributed by atoms with E-state index in [0.29, 0.717) is 5.89 Å². The van der Waals surface area contributed by atoms with Gasteiger partial charge >= 0.3 is 0 Å². The Bertz CT molecular complexity index is 4400. The topological polar surface area (TPSA) is 26.0 Å². The van der Waals surface area contributed by atoms with Crippen LogP contribution in [-0.2, 0) is 5.41 Å². The fraction of sp³-hybridized carbons (Fsp3) is 0.0441. The first-order valence-corrected chi connectivity index (χ1v) is 24.4. The smallest absolute Gasteiger partial charge is 0.227 e. The van der Waals surface area contributed by atoms with Crippen LogP contribution in [0, 0.1) is 0 Å². The van der Waals surface area contributed by atoms with Crippen LogP contribution in [0.3, 0.4) is 0 Å². The van der Waals surface area contributed by atoms with Crippen molar-refractivity contribution in [2.45, 2.75) is 19.3 Å². The van der Waals surface area contributed by atoms with E-state index in [4.69, 9.17) is 9.40 Å². The highest BCUT2D eigenvalue weighted by atomic mass is 16.3. The minimum atomic E-state index is -0.192. The number of nitrogens with zero attached hydrogens (tertiary/aromatic N) is 1. The summed E-state index contributed by atoms with van der Waals surface area (Å²) in [6, 6.07) is 79.4. The van der Waals surface area contributed by atoms with Crippen molar-refractivity contribution in [3.8, 4) is 100 Å². The van der Waals surface area contributed by atoms with Crippen LogP contribution in [-0.4, -0.2) is 4.98 Å². The van der Waals surface area contributed by atoms with Crippen molar-refractivity contribution in [2.75, 3.05) is 0 Å². The van der Waals surface area contributed by atoms with E-state index in [2.05, 4.69) is 202 Å². The van der Waals surface area contributed by atoms with Crippen molar-refractivity contribution in [1.82, 2.24) is 4.98 Å². The monoisotopic (exact) mass is 887 g/mol. The van der Waals surface area contributed by atoms with Gasteiger partial charge in [-0.05, 0) is 186 Å². The first-order valence-electron chi connectivity index (χ1n) is 24.4. The second-order valence-corrected chi connectivity index (χ2v) is 20.1. The molecule has 0 atom stereocenters. The predicted molar refractivity (Wildman–Crippen MR) is 292 cm³/mol. The van der Waals surface area contributed by atoms with E-state index in [0.717, 1.165) is 27.8 Å². The maximum absolute atomic E-state index is 6.22. The second kappa shape index (κ2) is 13.7. The zero-order chi connectivity index (χ0) is 46.0. The summed E-state index contributed by atoms with van der Waals surface area (Å²) in [4.78, 5) is 4.82. The van der Waals surface area contributed by atoms with Gasteiger partial charge in [-0.2, -0.15) is 0 Å². The van der Waals surface area contributed by atoms with Crippen LogP contribution in [0.5, 0.6) is 0 Å². The number of rotatable bonds is 4. The quantitative estimate of drug-likeness (QED) is 0.165. The van der Waals surface area contributed by atoms with E-state index in [1.54, 1.807) is 0 Å². The summed E-state index contributed by atoms with van der Waals surface area (Å²) in [5.74, 6) is 0.630. The van der Waals surface area contributed by atoms with Crippen LogP contribution in [0.4, 0.5) is 0 Å². The van der Waals surface area contributed by atoms with Gasteiger partial charge in [0.1, 0.15) is 5.52 Å². The van der Waals surface area contributed by atoms with Gasteiger partial charge in [0, 0.05) is 11.0 Å². The predicted octanol–water partition coefficient (Wildman–Crippen LogP) is 18.7. The van der Waals surface area contributed by atoms with Crippen LogP contribution in [0.15, 0.2) is 217 Å². The lowest BCUT2D eigenvalue weighted by molar-refractivity contribution is 0.620. The highest BCUT2D eigenvalue weighted by Crippen LogP contribution is 2.57. The third kappa shape index (κ3) is 4.99. The maximum Gasteiger partial charge on any atom is 0.227 e. The molecule has 12 aromatic carbocycles. The first kappa shape index (κ1) is 38.2. The molecule has 1 aromatic heterocycles. The molecular weight excluding hydrogens is 847 g/mol. The Labute approximate surface area is 404 Å². The van der Waals surface area contributed by atoms with Gasteiger partial charge in [0.25, 0.3) is 0 Å². The zero-order valence-electron chi connectivity index (χ0n) is 38.6. The molecule has 0 saturated heterocycles. The molecular formula is C68H41NO. The number of benzene rings is 12. The summed E-state index contributed by atoms with van der Waals surface area (Å²) in [6.07, 6.45) is 0. The fourth-order valence-electron chi connectivity index (χ4n) is 13.0. The Morgan fingerprint density at radius 2 is 0.800 bits per heavy atom. The van der Waals surface area contributed by atoms with Crippen LogP contribution in [0.2, 0.25) is 0 Å². The van der Waals surface area contributed by atoms with Gasteiger partial charge in [-0.15, -0.1) is 0 Å². The molecule has 70 heavy (non-hydrogen) atoms. The van der Waals surface area contributed by atoms with Crippen molar-refractivity contribution in [3.05, 3.63) is 223 Å². The van der Waals surface area contributed by atoms with Gasteiger partial charge in [-0.1, -0.05) is 184 Å². The van der Waals surface area contributed by atoms with Gasteiger partial charge in [0.05, 0.1) is 0 Å². The van der Waals surface area contributed by atoms with Crippen molar-refractivity contribution >= 4 is 54.2 Å². The molecule has 0 bridgehead atoms. The Morgan fingerprint density at radius 1 is 0.314 bits per heavy atom. The molecule has 0 spiro atoms. The summed E-state index contributed by atoms with van der Waals surface area (Å²) in [7, 11) is 0. The third-order valence-electron chi connectivity index (χ3n) is 16.2. The van der Waals surface area contributed by atoms with E-state index >= 15 is 0 Å². The Balaban J connectivity index is 1.03. The summed E-state index contributed by atoms with van der Waals surface area (Å²) in [6.45, 7) is 4.82. The van der Waals surface area contributed by atoms with E-state index in [-0.39, 0.29) is 5.41 Å². The number of fused-ring (bicyclic) bond motifs is 12. The highest BCUT2D eigenvalue weighted by molar-refractivity contribution is 6.30. The minimum Gasteiger partial charge on any atom is -0.436 e. The largest absolute Gasteiger partial charge is 0.436 e. The molecule has 0 unspecified atom stereocenters. The highest BCUT2D eigenvalue weighted by Gasteiger charge is 2.37. The van der Waals surface area contributed by atoms with E-state index in [1.165, 1.54) is 132 Å². The summed E-state index contributed by atoms with van der Waals surface area (Å²) >= 11 is 0. The molecule has 2 heteroatoms. The number of aromatic nitrogens is 1. The molecule has 0 N–H and O–H groups in total. The SMILES string of the molecule is CC1(C)c2ccccc2-c2cc3c(-c4ccc5c6c(cccc46)-c4ccccc4-5)c4ccc(-c5ccc(-c6nc7ccccc7o6)cc5)cc4c(-c4ccc5c6c(cccc46)-c4ccccc4-5)c3cc21. The number of hydrogen-bond donors (Lipinski definition) is 0. The van der Waals surface area contributed by atoms with E-state index < -0.39 is 0 Å². The van der Waals surface area contributed by atoms with Gasteiger partial charge in [0.15, 0.2) is 5.58 Å². The van der Waals surface area contributed by atoms with Gasteiger partial charge in [-0.3, -0.25) is 0 Å². The minimum absolute atomic E-state index is 0.192. The van der Waals surface area contributed by atoms with Crippen LogP contribution in [0.25, 0.3) is 155 Å². The van der Waals surface area contributed by atoms with Crippen LogP contribution >= 0.6 is 0 Å². The number of para-hydroxylation sites is 2. The third-order valence-corrected chi connectivity index (χ3v) is 16.2. The molecule has 0 fully saturated rings. The van der Waals surface area contributed by atoms with Crippen molar-refractivity contribution in [2.24, 2.45) is 0 Å². The van der Waals surface area contributed by atoms with Crippen molar-refractivity contribution in [3.63, 3.8) is 0 Å². The second-order valence-electron chi connectivity index (χ2n) is 20.1. The van der Waals surface area contributed by atoms with Crippen LogP contribution < -0.4 is 0 Å². The lowest BCUT2D eigenvalue weighted by Crippen LogP contribution is -2.14.